The van der Waals surface area contributed by atoms with Crippen LogP contribution >= 0.6 is 11.6 Å². The molecule has 0 radical (unpaired) electrons. The maximum Gasteiger partial charge on any atom is 0.134 e. The number of rotatable bonds is 5. The van der Waals surface area contributed by atoms with Crippen LogP contribution in [-0.2, 0) is 19.8 Å². The van der Waals surface area contributed by atoms with Gasteiger partial charge >= 0.3 is 0 Å². The molecule has 0 bridgehead atoms. The molecule has 4 N–H and O–H groups in total. The van der Waals surface area contributed by atoms with Gasteiger partial charge in [-0.25, -0.2) is 4.98 Å². The number of hydrogen-bond acceptors (Lipinski definition) is 4. The van der Waals surface area contributed by atoms with Gasteiger partial charge in [-0.1, -0.05) is 23.7 Å². The lowest BCUT2D eigenvalue weighted by Gasteiger charge is -2.13. The molecule has 0 aliphatic heterocycles. The van der Waals surface area contributed by atoms with Gasteiger partial charge in [0, 0.05) is 35.2 Å². The standard InChI is InChI=1S/C19H20ClN3O2/c1-12-6-17(14-2-4-16(21)5-3-14)18(11-25)23(12)9-13-7-15(10-24)19(20)22-8-13/h2-8,24-25H,9-11,21H2,1H3. The van der Waals surface area contributed by atoms with E-state index < -0.39 is 0 Å². The van der Waals surface area contributed by atoms with Gasteiger partial charge in [-0.2, -0.15) is 0 Å². The molecule has 2 aromatic heterocycles. The number of aryl methyl sites for hydroxylation is 1. The minimum absolute atomic E-state index is 0.0819. The molecule has 5 nitrogen and oxygen atoms in total. The number of aliphatic hydroxyl groups is 2. The maximum atomic E-state index is 9.93. The van der Waals surface area contributed by atoms with Gasteiger partial charge in [-0.05, 0) is 42.3 Å². The lowest BCUT2D eigenvalue weighted by molar-refractivity contribution is 0.271. The zero-order valence-electron chi connectivity index (χ0n) is 13.9. The molecule has 130 valence electrons. The second kappa shape index (κ2) is 7.27. The van der Waals surface area contributed by atoms with E-state index in [4.69, 9.17) is 17.3 Å². The van der Waals surface area contributed by atoms with Crippen LogP contribution < -0.4 is 5.73 Å². The molecule has 0 fully saturated rings. The normalized spacial score (nSPS) is 11.0. The third-order valence-corrected chi connectivity index (χ3v) is 4.61. The van der Waals surface area contributed by atoms with Gasteiger partial charge in [0.05, 0.1) is 18.9 Å². The molecule has 0 atom stereocenters. The average Bonchev–Trinajstić information content (AvgIpc) is 2.93. The van der Waals surface area contributed by atoms with Gasteiger partial charge in [-0.3, -0.25) is 0 Å². The first-order valence-electron chi connectivity index (χ1n) is 7.93. The zero-order chi connectivity index (χ0) is 18.0. The SMILES string of the molecule is Cc1cc(-c2ccc(N)cc2)c(CO)n1Cc1cnc(Cl)c(CO)c1. The molecule has 0 amide bonds. The van der Waals surface area contributed by atoms with E-state index in [0.29, 0.717) is 22.9 Å². The van der Waals surface area contributed by atoms with Crippen molar-refractivity contribution < 1.29 is 10.2 Å². The quantitative estimate of drug-likeness (QED) is 0.484. The average molecular weight is 358 g/mol. The summed E-state index contributed by atoms with van der Waals surface area (Å²) in [6.45, 7) is 2.29. The van der Waals surface area contributed by atoms with Crippen LogP contribution in [0.5, 0.6) is 0 Å². The van der Waals surface area contributed by atoms with Gasteiger partial charge in [-0.15, -0.1) is 0 Å². The molecule has 2 heterocycles. The monoisotopic (exact) mass is 357 g/mol. The van der Waals surface area contributed by atoms with Crippen LogP contribution in [0.2, 0.25) is 5.15 Å². The van der Waals surface area contributed by atoms with Gasteiger partial charge in [0.25, 0.3) is 0 Å². The molecule has 0 spiro atoms. The summed E-state index contributed by atoms with van der Waals surface area (Å²) in [5.74, 6) is 0. The number of aliphatic hydroxyl groups excluding tert-OH is 2. The molecular weight excluding hydrogens is 338 g/mol. The highest BCUT2D eigenvalue weighted by molar-refractivity contribution is 6.30. The van der Waals surface area contributed by atoms with Crippen LogP contribution in [0.15, 0.2) is 42.6 Å². The summed E-state index contributed by atoms with van der Waals surface area (Å²) in [7, 11) is 0. The van der Waals surface area contributed by atoms with Crippen molar-refractivity contribution in [1.29, 1.82) is 0 Å². The summed E-state index contributed by atoms with van der Waals surface area (Å²) in [6.07, 6.45) is 1.69. The summed E-state index contributed by atoms with van der Waals surface area (Å²) in [5.41, 5.74) is 11.8. The van der Waals surface area contributed by atoms with Crippen LogP contribution in [0.25, 0.3) is 11.1 Å². The number of benzene rings is 1. The Morgan fingerprint density at radius 1 is 1.12 bits per heavy atom. The van der Waals surface area contributed by atoms with Gasteiger partial charge in [0.1, 0.15) is 5.15 Å². The summed E-state index contributed by atoms with van der Waals surface area (Å²) < 4.78 is 2.04. The number of nitrogen functional groups attached to an aromatic ring is 1. The van der Waals surface area contributed by atoms with Crippen LogP contribution in [0.1, 0.15) is 22.5 Å². The molecule has 0 aliphatic rings. The van der Waals surface area contributed by atoms with Crippen molar-refractivity contribution >= 4 is 17.3 Å². The Morgan fingerprint density at radius 3 is 2.48 bits per heavy atom. The number of aromatic nitrogens is 2. The van der Waals surface area contributed by atoms with Gasteiger partial charge in [0.15, 0.2) is 0 Å². The Kier molecular flexibility index (Phi) is 5.08. The summed E-state index contributed by atoms with van der Waals surface area (Å²) >= 11 is 5.96. The molecule has 3 rings (SSSR count). The zero-order valence-corrected chi connectivity index (χ0v) is 14.7. The first-order valence-corrected chi connectivity index (χ1v) is 8.31. The number of nitrogens with zero attached hydrogens (tertiary/aromatic N) is 2. The second-order valence-corrected chi connectivity index (χ2v) is 6.32. The molecule has 25 heavy (non-hydrogen) atoms. The van der Waals surface area contributed by atoms with Gasteiger partial charge in [0.2, 0.25) is 0 Å². The van der Waals surface area contributed by atoms with Crippen molar-refractivity contribution in [3.63, 3.8) is 0 Å². The van der Waals surface area contributed by atoms with E-state index in [1.807, 2.05) is 47.9 Å². The number of hydrogen-bond donors (Lipinski definition) is 3. The van der Waals surface area contributed by atoms with Gasteiger partial charge < -0.3 is 20.5 Å². The molecule has 3 aromatic rings. The van der Waals surface area contributed by atoms with E-state index in [1.165, 1.54) is 0 Å². The van der Waals surface area contributed by atoms with Crippen LogP contribution in [-0.4, -0.2) is 19.8 Å². The fourth-order valence-electron chi connectivity index (χ4n) is 2.95. The number of anilines is 1. The van der Waals surface area contributed by atoms with E-state index in [9.17, 15) is 10.2 Å². The van der Waals surface area contributed by atoms with Crippen molar-refractivity contribution in [1.82, 2.24) is 9.55 Å². The Bertz CT molecular complexity index is 888. The third kappa shape index (κ3) is 3.54. The first-order chi connectivity index (χ1) is 12.0. The minimum atomic E-state index is -0.159. The lowest BCUT2D eigenvalue weighted by atomic mass is 10.1. The molecule has 6 heteroatoms. The first kappa shape index (κ1) is 17.5. The summed E-state index contributed by atoms with van der Waals surface area (Å²) in [6, 6.07) is 11.5. The summed E-state index contributed by atoms with van der Waals surface area (Å²) in [4.78, 5) is 4.12. The molecule has 1 aromatic carbocycles. The smallest absolute Gasteiger partial charge is 0.134 e. The second-order valence-electron chi connectivity index (χ2n) is 5.96. The predicted molar refractivity (Wildman–Crippen MR) is 99.2 cm³/mol. The highest BCUT2D eigenvalue weighted by Crippen LogP contribution is 2.29. The van der Waals surface area contributed by atoms with Crippen molar-refractivity contribution in [2.24, 2.45) is 0 Å². The number of halogens is 1. The van der Waals surface area contributed by atoms with Crippen molar-refractivity contribution in [2.45, 2.75) is 26.7 Å². The highest BCUT2D eigenvalue weighted by Gasteiger charge is 2.14. The topological polar surface area (TPSA) is 84.3 Å². The van der Waals surface area contributed by atoms with Crippen molar-refractivity contribution in [3.05, 3.63) is 70.3 Å². The van der Waals surface area contributed by atoms with E-state index in [2.05, 4.69) is 4.98 Å². The van der Waals surface area contributed by atoms with Crippen LogP contribution in [0.4, 0.5) is 5.69 Å². The Balaban J connectivity index is 2.01. The van der Waals surface area contributed by atoms with Crippen molar-refractivity contribution in [2.75, 3.05) is 5.73 Å². The fourth-order valence-corrected chi connectivity index (χ4v) is 3.12. The third-order valence-electron chi connectivity index (χ3n) is 4.27. The minimum Gasteiger partial charge on any atom is -0.399 e. The predicted octanol–water partition coefficient (Wildman–Crippen LogP) is 3.13. The molecule has 0 aliphatic carbocycles. The molecule has 0 unspecified atom stereocenters. The number of pyridine rings is 1. The van der Waals surface area contributed by atoms with E-state index in [0.717, 1.165) is 28.1 Å². The lowest BCUT2D eigenvalue weighted by Crippen LogP contribution is -2.08. The van der Waals surface area contributed by atoms with E-state index in [-0.39, 0.29) is 13.2 Å². The Labute approximate surface area is 151 Å². The molecule has 0 saturated carbocycles. The van der Waals surface area contributed by atoms with Crippen LogP contribution in [0.3, 0.4) is 0 Å². The Morgan fingerprint density at radius 2 is 1.84 bits per heavy atom. The van der Waals surface area contributed by atoms with Crippen LogP contribution in [0, 0.1) is 6.92 Å². The maximum absolute atomic E-state index is 9.93. The van der Waals surface area contributed by atoms with E-state index in [1.54, 1.807) is 6.20 Å². The molecular formula is C19H20ClN3O2. The molecule has 0 saturated heterocycles. The summed E-state index contributed by atoms with van der Waals surface area (Å²) in [5, 5.41) is 19.6. The van der Waals surface area contributed by atoms with E-state index >= 15 is 0 Å². The Hall–Kier alpha value is -2.34. The fraction of sp³-hybridized carbons (Fsp3) is 0.211. The largest absolute Gasteiger partial charge is 0.399 e. The number of nitrogens with two attached hydrogens (primary N) is 1. The van der Waals surface area contributed by atoms with Crippen molar-refractivity contribution in [3.8, 4) is 11.1 Å². The highest BCUT2D eigenvalue weighted by atomic mass is 35.5.